The number of carbonyl (C=O) groups is 1. The number of hydrogen-bond acceptors (Lipinski definition) is 2. The van der Waals surface area contributed by atoms with Gasteiger partial charge in [-0.15, -0.1) is 0 Å². The van der Waals surface area contributed by atoms with Gasteiger partial charge in [0.05, 0.1) is 6.04 Å². The second-order valence-electron chi connectivity index (χ2n) is 5.74. The van der Waals surface area contributed by atoms with Gasteiger partial charge in [-0.3, -0.25) is 9.69 Å². The number of carbonyl (C=O) groups excluding carboxylic acids is 1. The number of nitrogens with zero attached hydrogens (tertiary/aromatic N) is 1. The number of fused-ring (bicyclic) bond motifs is 1. The lowest BCUT2D eigenvalue weighted by atomic mass is 9.83. The van der Waals surface area contributed by atoms with Crippen molar-refractivity contribution in [1.82, 2.24) is 10.2 Å². The first-order valence-corrected chi connectivity index (χ1v) is 7.54. The fourth-order valence-corrected chi connectivity index (χ4v) is 3.60. The summed E-state index contributed by atoms with van der Waals surface area (Å²) in [4.78, 5) is 14.3. The number of benzene rings is 1. The molecule has 0 spiro atoms. The van der Waals surface area contributed by atoms with Crippen molar-refractivity contribution in [2.45, 2.75) is 37.8 Å². The predicted molar refractivity (Wildman–Crippen MR) is 80.4 cm³/mol. The van der Waals surface area contributed by atoms with E-state index in [0.717, 1.165) is 25.9 Å². The lowest BCUT2D eigenvalue weighted by Gasteiger charge is -2.39. The van der Waals surface area contributed by atoms with Crippen molar-refractivity contribution < 1.29 is 4.79 Å². The Labute approximate surface area is 120 Å². The van der Waals surface area contributed by atoms with Crippen LogP contribution in [0.5, 0.6) is 0 Å². The number of amides is 1. The summed E-state index contributed by atoms with van der Waals surface area (Å²) in [6.45, 7) is 5.90. The molecule has 1 saturated heterocycles. The normalized spacial score (nSPS) is 26.0. The number of nitrogens with one attached hydrogen (secondary N) is 1. The van der Waals surface area contributed by atoms with Crippen LogP contribution in [0.3, 0.4) is 0 Å². The quantitative estimate of drug-likeness (QED) is 0.856. The molecule has 0 aromatic heterocycles. The third kappa shape index (κ3) is 2.50. The molecular weight excluding hydrogens is 248 g/mol. The monoisotopic (exact) mass is 270 g/mol. The standard InChI is InChI=1S/C17H22N2O/c1-2-16(20)18-17-14-8-4-3-7-13(14)9-10-15(17)19-11-5-6-12-19/h2-4,7-8,15,17H,1,5-6,9-12H2,(H,18,20). The second kappa shape index (κ2) is 5.80. The van der Waals surface area contributed by atoms with Crippen molar-refractivity contribution in [3.63, 3.8) is 0 Å². The van der Waals surface area contributed by atoms with E-state index in [4.69, 9.17) is 0 Å². The molecule has 3 nitrogen and oxygen atoms in total. The van der Waals surface area contributed by atoms with E-state index in [1.807, 2.05) is 0 Å². The smallest absolute Gasteiger partial charge is 0.243 e. The van der Waals surface area contributed by atoms with Crippen LogP contribution < -0.4 is 5.32 Å². The molecule has 1 N–H and O–H groups in total. The predicted octanol–water partition coefficient (Wildman–Crippen LogP) is 2.44. The van der Waals surface area contributed by atoms with E-state index < -0.39 is 0 Å². The van der Waals surface area contributed by atoms with Gasteiger partial charge in [-0.1, -0.05) is 30.8 Å². The second-order valence-corrected chi connectivity index (χ2v) is 5.74. The molecule has 0 radical (unpaired) electrons. The molecule has 20 heavy (non-hydrogen) atoms. The summed E-state index contributed by atoms with van der Waals surface area (Å²) in [5.74, 6) is -0.0732. The van der Waals surface area contributed by atoms with Gasteiger partial charge in [0.15, 0.2) is 0 Å². The van der Waals surface area contributed by atoms with Crippen LogP contribution in [-0.2, 0) is 11.2 Å². The lowest BCUT2D eigenvalue weighted by Crippen LogP contribution is -2.47. The fraction of sp³-hybridized carbons (Fsp3) is 0.471. The molecule has 2 unspecified atom stereocenters. The maximum Gasteiger partial charge on any atom is 0.243 e. The highest BCUT2D eigenvalue weighted by Gasteiger charge is 2.35. The van der Waals surface area contributed by atoms with Crippen molar-refractivity contribution in [3.05, 3.63) is 48.0 Å². The summed E-state index contributed by atoms with van der Waals surface area (Å²) < 4.78 is 0. The average molecular weight is 270 g/mol. The Morgan fingerprint density at radius 2 is 2.05 bits per heavy atom. The molecule has 2 aliphatic rings. The molecule has 2 atom stereocenters. The number of hydrogen-bond donors (Lipinski definition) is 1. The van der Waals surface area contributed by atoms with Crippen LogP contribution in [0.15, 0.2) is 36.9 Å². The van der Waals surface area contributed by atoms with E-state index in [-0.39, 0.29) is 11.9 Å². The Balaban J connectivity index is 1.90. The summed E-state index contributed by atoms with van der Waals surface area (Å²) in [7, 11) is 0. The summed E-state index contributed by atoms with van der Waals surface area (Å²) in [6.07, 6.45) is 6.16. The zero-order valence-electron chi connectivity index (χ0n) is 11.8. The van der Waals surface area contributed by atoms with Crippen LogP contribution in [0, 0.1) is 0 Å². The first kappa shape index (κ1) is 13.4. The van der Waals surface area contributed by atoms with E-state index in [0.29, 0.717) is 6.04 Å². The van der Waals surface area contributed by atoms with Gasteiger partial charge in [0.25, 0.3) is 0 Å². The maximum absolute atomic E-state index is 11.8. The Hall–Kier alpha value is -1.61. The number of aryl methyl sites for hydroxylation is 1. The molecule has 1 aromatic carbocycles. The Kier molecular flexibility index (Phi) is 3.88. The van der Waals surface area contributed by atoms with E-state index >= 15 is 0 Å². The van der Waals surface area contributed by atoms with E-state index in [2.05, 4.69) is 41.1 Å². The van der Waals surface area contributed by atoms with Crippen molar-refractivity contribution in [1.29, 1.82) is 0 Å². The molecular formula is C17H22N2O. The van der Waals surface area contributed by atoms with Crippen molar-refractivity contribution in [2.24, 2.45) is 0 Å². The lowest BCUT2D eigenvalue weighted by molar-refractivity contribution is -0.117. The molecule has 1 amide bonds. The minimum absolute atomic E-state index is 0.0732. The van der Waals surface area contributed by atoms with Gasteiger partial charge in [0.2, 0.25) is 5.91 Å². The van der Waals surface area contributed by atoms with Crippen molar-refractivity contribution in [2.75, 3.05) is 13.1 Å². The van der Waals surface area contributed by atoms with Crippen LogP contribution in [0.25, 0.3) is 0 Å². The summed E-state index contributed by atoms with van der Waals surface area (Å²) >= 11 is 0. The van der Waals surface area contributed by atoms with Gasteiger partial charge in [0, 0.05) is 6.04 Å². The van der Waals surface area contributed by atoms with Crippen molar-refractivity contribution >= 4 is 5.91 Å². The molecule has 1 fully saturated rings. The van der Waals surface area contributed by atoms with Crippen LogP contribution in [0.4, 0.5) is 0 Å². The number of rotatable bonds is 3. The highest BCUT2D eigenvalue weighted by molar-refractivity contribution is 5.87. The van der Waals surface area contributed by atoms with Gasteiger partial charge in [0.1, 0.15) is 0 Å². The topological polar surface area (TPSA) is 32.3 Å². The first-order chi connectivity index (χ1) is 9.79. The van der Waals surface area contributed by atoms with Crippen molar-refractivity contribution in [3.8, 4) is 0 Å². The Morgan fingerprint density at radius 3 is 2.80 bits per heavy atom. The largest absolute Gasteiger partial charge is 0.344 e. The Bertz CT molecular complexity index is 505. The Morgan fingerprint density at radius 1 is 1.30 bits per heavy atom. The van der Waals surface area contributed by atoms with E-state index in [1.54, 1.807) is 0 Å². The van der Waals surface area contributed by atoms with Crippen LogP contribution in [0.2, 0.25) is 0 Å². The summed E-state index contributed by atoms with van der Waals surface area (Å²) in [6, 6.07) is 9.02. The third-order valence-corrected chi connectivity index (χ3v) is 4.58. The van der Waals surface area contributed by atoms with E-state index in [1.165, 1.54) is 30.0 Å². The molecule has 3 rings (SSSR count). The molecule has 1 aromatic rings. The van der Waals surface area contributed by atoms with Gasteiger partial charge in [-0.25, -0.2) is 0 Å². The van der Waals surface area contributed by atoms with Gasteiger partial charge in [-0.05, 0) is 56.0 Å². The fourth-order valence-electron chi connectivity index (χ4n) is 3.60. The van der Waals surface area contributed by atoms with Gasteiger partial charge < -0.3 is 5.32 Å². The number of likely N-dealkylation sites (tertiary alicyclic amines) is 1. The summed E-state index contributed by atoms with van der Waals surface area (Å²) in [5.41, 5.74) is 2.66. The molecule has 1 aliphatic carbocycles. The minimum Gasteiger partial charge on any atom is -0.344 e. The van der Waals surface area contributed by atoms with Crippen LogP contribution in [-0.4, -0.2) is 29.9 Å². The van der Waals surface area contributed by atoms with Crippen LogP contribution in [0.1, 0.15) is 36.4 Å². The zero-order chi connectivity index (χ0) is 13.9. The van der Waals surface area contributed by atoms with Gasteiger partial charge >= 0.3 is 0 Å². The molecule has 106 valence electrons. The first-order valence-electron chi connectivity index (χ1n) is 7.54. The van der Waals surface area contributed by atoms with Gasteiger partial charge in [-0.2, -0.15) is 0 Å². The third-order valence-electron chi connectivity index (χ3n) is 4.58. The molecule has 1 aliphatic heterocycles. The average Bonchev–Trinajstić information content (AvgIpc) is 3.01. The molecule has 0 saturated carbocycles. The highest BCUT2D eigenvalue weighted by atomic mass is 16.1. The highest BCUT2D eigenvalue weighted by Crippen LogP contribution is 2.34. The molecule has 3 heteroatoms. The SMILES string of the molecule is C=CC(=O)NC1c2ccccc2CCC1N1CCCC1. The summed E-state index contributed by atoms with van der Waals surface area (Å²) in [5, 5.41) is 3.15. The molecule has 0 bridgehead atoms. The minimum atomic E-state index is -0.0732. The zero-order valence-corrected chi connectivity index (χ0v) is 11.8. The molecule has 1 heterocycles. The van der Waals surface area contributed by atoms with Crippen LogP contribution >= 0.6 is 0 Å². The maximum atomic E-state index is 11.8. The van der Waals surface area contributed by atoms with E-state index in [9.17, 15) is 4.79 Å².